The van der Waals surface area contributed by atoms with Crippen LogP contribution in [0, 0.1) is 23.2 Å². The lowest BCUT2D eigenvalue weighted by Gasteiger charge is -2.61. The molecule has 0 spiro atoms. The fraction of sp³-hybridized carbons (Fsp3) is 0.889. The average Bonchev–Trinajstić information content (AvgIpc) is 2.46. The van der Waals surface area contributed by atoms with Crippen LogP contribution >= 0.6 is 0 Å². The molecule has 2 atom stereocenters. The Labute approximate surface area is 132 Å². The summed E-state index contributed by atoms with van der Waals surface area (Å²) >= 11 is 0. The smallest absolute Gasteiger partial charge is 0.223 e. The summed E-state index contributed by atoms with van der Waals surface area (Å²) < 4.78 is 0. The Morgan fingerprint density at radius 3 is 2.18 bits per heavy atom. The molecule has 0 saturated heterocycles. The van der Waals surface area contributed by atoms with Gasteiger partial charge in [0.05, 0.1) is 5.41 Å². The number of amides is 2. The molecule has 122 valence electrons. The molecule has 5 rings (SSSR count). The van der Waals surface area contributed by atoms with Crippen molar-refractivity contribution in [1.29, 1.82) is 0 Å². The lowest BCUT2D eigenvalue weighted by Crippen LogP contribution is -2.66. The number of hydrogen-bond donors (Lipinski definition) is 2. The summed E-state index contributed by atoms with van der Waals surface area (Å²) in [6.45, 7) is 0. The van der Waals surface area contributed by atoms with Crippen molar-refractivity contribution in [3.63, 3.8) is 0 Å². The number of hydrogen-bond acceptors (Lipinski definition) is 2. The Hall–Kier alpha value is -1.06. The first kappa shape index (κ1) is 14.5. The molecule has 2 amide bonds. The summed E-state index contributed by atoms with van der Waals surface area (Å²) in [6.07, 6.45) is 11.8. The maximum Gasteiger partial charge on any atom is 0.223 e. The second kappa shape index (κ2) is 4.97. The zero-order valence-electron chi connectivity index (χ0n) is 13.4. The Kier molecular flexibility index (Phi) is 3.28. The van der Waals surface area contributed by atoms with Crippen LogP contribution in [0.3, 0.4) is 0 Å². The van der Waals surface area contributed by atoms with Gasteiger partial charge in [-0.05, 0) is 63.2 Å². The molecule has 4 bridgehead atoms. The maximum atomic E-state index is 12.7. The van der Waals surface area contributed by atoms with Gasteiger partial charge < -0.3 is 11.1 Å². The molecule has 22 heavy (non-hydrogen) atoms. The molecule has 5 aliphatic carbocycles. The van der Waals surface area contributed by atoms with Crippen LogP contribution in [0.1, 0.15) is 70.6 Å². The van der Waals surface area contributed by atoms with Gasteiger partial charge in [0.25, 0.3) is 0 Å². The molecule has 5 saturated carbocycles. The first-order chi connectivity index (χ1) is 10.5. The summed E-state index contributed by atoms with van der Waals surface area (Å²) in [4.78, 5) is 24.8. The van der Waals surface area contributed by atoms with E-state index in [1.54, 1.807) is 0 Å². The highest BCUT2D eigenvalue weighted by atomic mass is 16.2. The van der Waals surface area contributed by atoms with Crippen molar-refractivity contribution >= 4 is 11.8 Å². The predicted molar refractivity (Wildman–Crippen MR) is 83.8 cm³/mol. The van der Waals surface area contributed by atoms with Gasteiger partial charge in [0.2, 0.25) is 11.8 Å². The summed E-state index contributed by atoms with van der Waals surface area (Å²) in [5, 5.41) is 3.43. The second-order valence-corrected chi connectivity index (χ2v) is 8.71. The van der Waals surface area contributed by atoms with Gasteiger partial charge >= 0.3 is 0 Å². The van der Waals surface area contributed by atoms with Crippen molar-refractivity contribution in [2.45, 2.75) is 76.2 Å². The molecule has 5 aliphatic rings. The van der Waals surface area contributed by atoms with E-state index in [1.807, 2.05) is 0 Å². The van der Waals surface area contributed by atoms with Crippen LogP contribution < -0.4 is 11.1 Å². The van der Waals surface area contributed by atoms with Crippen molar-refractivity contribution in [2.75, 3.05) is 0 Å². The maximum absolute atomic E-state index is 12.7. The molecular formula is C18H28N2O2. The molecule has 4 heteroatoms. The van der Waals surface area contributed by atoms with Gasteiger partial charge in [-0.25, -0.2) is 0 Å². The van der Waals surface area contributed by atoms with Gasteiger partial charge in [-0.15, -0.1) is 0 Å². The normalized spacial score (nSPS) is 44.0. The van der Waals surface area contributed by atoms with Crippen LogP contribution in [-0.4, -0.2) is 17.4 Å². The van der Waals surface area contributed by atoms with E-state index in [2.05, 4.69) is 5.32 Å². The molecule has 0 aromatic rings. The van der Waals surface area contributed by atoms with Crippen molar-refractivity contribution in [2.24, 2.45) is 28.9 Å². The largest absolute Gasteiger partial charge is 0.369 e. The number of carbonyl (C=O) groups excluding carboxylic acids is 2. The molecule has 3 N–H and O–H groups in total. The first-order valence-electron chi connectivity index (χ1n) is 9.12. The quantitative estimate of drug-likeness (QED) is 0.841. The fourth-order valence-corrected chi connectivity index (χ4v) is 6.43. The Balaban J connectivity index is 1.53. The third-order valence-electron chi connectivity index (χ3n) is 6.95. The molecule has 0 aromatic carbocycles. The number of nitrogens with two attached hydrogens (primary N) is 1. The van der Waals surface area contributed by atoms with Gasteiger partial charge in [0.1, 0.15) is 0 Å². The lowest BCUT2D eigenvalue weighted by atomic mass is 9.46. The van der Waals surface area contributed by atoms with Gasteiger partial charge in [-0.3, -0.25) is 9.59 Å². The third kappa shape index (κ3) is 2.26. The van der Waals surface area contributed by atoms with Gasteiger partial charge in [0, 0.05) is 11.5 Å². The summed E-state index contributed by atoms with van der Waals surface area (Å²) in [6, 6.07) is 0. The fourth-order valence-electron chi connectivity index (χ4n) is 6.43. The Morgan fingerprint density at radius 2 is 1.59 bits per heavy atom. The third-order valence-corrected chi connectivity index (χ3v) is 6.95. The van der Waals surface area contributed by atoms with Crippen molar-refractivity contribution in [3.05, 3.63) is 0 Å². The molecule has 5 fully saturated rings. The monoisotopic (exact) mass is 304 g/mol. The lowest BCUT2D eigenvalue weighted by molar-refractivity contribution is -0.151. The van der Waals surface area contributed by atoms with E-state index < -0.39 is 0 Å². The topological polar surface area (TPSA) is 72.2 Å². The standard InChI is InChI=1S/C18H28N2O2/c19-16(22)17-7-12-6-13(8-17)10-18(9-12,11-17)20-15(21)14-4-2-1-3-5-14/h12-14H,1-11H2,(H2,19,22)(H,20,21). The van der Waals surface area contributed by atoms with E-state index in [1.165, 1.54) is 25.7 Å². The molecule has 0 aliphatic heterocycles. The van der Waals surface area contributed by atoms with Crippen LogP contribution in [0.5, 0.6) is 0 Å². The first-order valence-corrected chi connectivity index (χ1v) is 9.12. The van der Waals surface area contributed by atoms with E-state index in [0.717, 1.165) is 44.9 Å². The zero-order valence-corrected chi connectivity index (χ0v) is 13.4. The van der Waals surface area contributed by atoms with Crippen molar-refractivity contribution in [1.82, 2.24) is 5.32 Å². The van der Waals surface area contributed by atoms with E-state index in [-0.39, 0.29) is 28.7 Å². The van der Waals surface area contributed by atoms with Crippen LogP contribution in [-0.2, 0) is 9.59 Å². The molecule has 0 radical (unpaired) electrons. The summed E-state index contributed by atoms with van der Waals surface area (Å²) in [7, 11) is 0. The minimum atomic E-state index is -0.329. The Bertz CT molecular complexity index is 481. The molecule has 0 heterocycles. The van der Waals surface area contributed by atoms with Crippen molar-refractivity contribution < 1.29 is 9.59 Å². The number of nitrogens with one attached hydrogen (secondary N) is 1. The zero-order chi connectivity index (χ0) is 15.4. The SMILES string of the molecule is NC(=O)C12CC3CC(CC(NC(=O)C4CCCCC4)(C3)C1)C2. The minimum absolute atomic E-state index is 0.127. The number of carbonyl (C=O) groups is 2. The van der Waals surface area contributed by atoms with E-state index >= 15 is 0 Å². The van der Waals surface area contributed by atoms with E-state index in [4.69, 9.17) is 5.73 Å². The van der Waals surface area contributed by atoms with Gasteiger partial charge in [-0.2, -0.15) is 0 Å². The highest BCUT2D eigenvalue weighted by Gasteiger charge is 2.60. The van der Waals surface area contributed by atoms with Crippen LogP contribution in [0.4, 0.5) is 0 Å². The molecular weight excluding hydrogens is 276 g/mol. The highest BCUT2D eigenvalue weighted by molar-refractivity contribution is 5.83. The second-order valence-electron chi connectivity index (χ2n) is 8.71. The average molecular weight is 304 g/mol. The van der Waals surface area contributed by atoms with Crippen LogP contribution in [0.2, 0.25) is 0 Å². The van der Waals surface area contributed by atoms with Crippen LogP contribution in [0.25, 0.3) is 0 Å². The van der Waals surface area contributed by atoms with E-state index in [9.17, 15) is 9.59 Å². The number of rotatable bonds is 3. The van der Waals surface area contributed by atoms with Gasteiger partial charge in [0.15, 0.2) is 0 Å². The highest BCUT2D eigenvalue weighted by Crippen LogP contribution is 2.61. The minimum Gasteiger partial charge on any atom is -0.369 e. The van der Waals surface area contributed by atoms with E-state index in [0.29, 0.717) is 11.8 Å². The van der Waals surface area contributed by atoms with Crippen LogP contribution in [0.15, 0.2) is 0 Å². The number of primary amides is 1. The van der Waals surface area contributed by atoms with Crippen molar-refractivity contribution in [3.8, 4) is 0 Å². The molecule has 2 unspecified atom stereocenters. The summed E-state index contributed by atoms with van der Waals surface area (Å²) in [5.74, 6) is 1.49. The molecule has 0 aromatic heterocycles. The van der Waals surface area contributed by atoms with Gasteiger partial charge in [-0.1, -0.05) is 19.3 Å². The summed E-state index contributed by atoms with van der Waals surface area (Å²) in [5.41, 5.74) is 5.31. The molecule has 4 nitrogen and oxygen atoms in total. The Morgan fingerprint density at radius 1 is 0.955 bits per heavy atom. The predicted octanol–water partition coefficient (Wildman–Crippen LogP) is 2.51.